The zero-order chi connectivity index (χ0) is 29.2. The van der Waals surface area contributed by atoms with Gasteiger partial charge in [-0.1, -0.05) is 45.0 Å². The minimum atomic E-state index is -1.99. The van der Waals surface area contributed by atoms with Crippen LogP contribution in [0, 0.1) is 15.3 Å². The van der Waals surface area contributed by atoms with E-state index >= 15 is 0 Å². The number of benzene rings is 3. The van der Waals surface area contributed by atoms with E-state index < -0.39 is 20.4 Å². The number of carbonyl (C=O) groups is 2. The van der Waals surface area contributed by atoms with Gasteiger partial charge in [-0.15, -0.1) is 0 Å². The van der Waals surface area contributed by atoms with Crippen LogP contribution in [0.5, 0.6) is 5.75 Å². The zero-order valence-corrected chi connectivity index (χ0v) is 27.1. The molecule has 1 fully saturated rings. The highest BCUT2D eigenvalue weighted by atomic mass is 127. The van der Waals surface area contributed by atoms with Crippen molar-refractivity contribution >= 4 is 48.5 Å². The molecule has 0 spiro atoms. The summed E-state index contributed by atoms with van der Waals surface area (Å²) in [5.74, 6) is -0.180. The van der Waals surface area contributed by atoms with Gasteiger partial charge < -0.3 is 14.1 Å². The van der Waals surface area contributed by atoms with Crippen molar-refractivity contribution in [2.75, 3.05) is 4.90 Å². The van der Waals surface area contributed by atoms with Crippen LogP contribution in [-0.2, 0) is 14.3 Å². The van der Waals surface area contributed by atoms with Gasteiger partial charge in [-0.3, -0.25) is 9.59 Å². The Hall–Kier alpha value is -2.72. The fourth-order valence-electron chi connectivity index (χ4n) is 4.78. The molecule has 4 rings (SSSR count). The summed E-state index contributed by atoms with van der Waals surface area (Å²) >= 11 is 2.25. The van der Waals surface area contributed by atoms with Crippen molar-refractivity contribution in [1.29, 1.82) is 0 Å². The van der Waals surface area contributed by atoms with Crippen LogP contribution in [0.1, 0.15) is 63.8 Å². The predicted octanol–water partition coefficient (Wildman–Crippen LogP) is 8.60. The van der Waals surface area contributed by atoms with E-state index in [1.54, 1.807) is 12.1 Å². The number of amides is 1. The van der Waals surface area contributed by atoms with Gasteiger partial charge >= 0.3 is 5.97 Å². The number of β-lactam (4-membered cyclic amide) rings is 1. The molecule has 3 atom stereocenters. The monoisotopic (exact) mass is 673 g/mol. The Balaban J connectivity index is 1.59. The van der Waals surface area contributed by atoms with Crippen molar-refractivity contribution in [1.82, 2.24) is 0 Å². The molecule has 1 amide bonds. The fourth-order valence-corrected chi connectivity index (χ4v) is 6.18. The maximum atomic E-state index is 13.6. The summed E-state index contributed by atoms with van der Waals surface area (Å²) < 4.78 is 26.7. The van der Waals surface area contributed by atoms with E-state index in [9.17, 15) is 14.0 Å². The summed E-state index contributed by atoms with van der Waals surface area (Å²) in [6.07, 6.45) is 0.409. The number of anilines is 1. The molecule has 1 heterocycles. The number of hydrogen-bond donors (Lipinski definition) is 0. The van der Waals surface area contributed by atoms with Gasteiger partial charge in [-0.25, -0.2) is 4.39 Å². The fraction of sp³-hybridized carbons (Fsp3) is 0.375. The molecule has 0 aromatic heterocycles. The lowest BCUT2D eigenvalue weighted by atomic mass is 9.78. The molecule has 0 radical (unpaired) electrons. The lowest BCUT2D eigenvalue weighted by molar-refractivity contribution is -0.147. The number of carbonyl (C=O) groups excluding carboxylic acids is 2. The average Bonchev–Trinajstić information content (AvgIpc) is 2.88. The van der Waals surface area contributed by atoms with E-state index in [0.29, 0.717) is 18.4 Å². The first-order valence-corrected chi connectivity index (χ1v) is 17.6. The van der Waals surface area contributed by atoms with Gasteiger partial charge in [0.15, 0.2) is 0 Å². The Bertz CT molecular complexity index is 1340. The molecule has 3 aromatic rings. The van der Waals surface area contributed by atoms with Crippen molar-refractivity contribution in [3.63, 3.8) is 0 Å². The first-order valence-electron chi connectivity index (χ1n) is 13.6. The number of nitrogens with zero attached hydrogens (tertiary/aromatic N) is 1. The summed E-state index contributed by atoms with van der Waals surface area (Å²) in [5, 5.41) is 0.0851. The standard InChI is InChI=1S/C32H37FINO4Si/c1-21(36)38-29(22-7-11-24(33)12-8-22)20-19-28-30(35(31(28)37)26-15-13-25(34)14-16-26)23-9-17-27(18-10-23)39-40(5,6)32(2,3)4/h7-18,28-30H,19-20H2,1-6H3/t28?,29-,30?/m0/s1. The van der Waals surface area contributed by atoms with Crippen molar-refractivity contribution in [2.24, 2.45) is 5.92 Å². The van der Waals surface area contributed by atoms with E-state index in [0.717, 1.165) is 20.6 Å². The SMILES string of the molecule is CC(=O)O[C@@H](CCC1C(=O)N(c2ccc(I)cc2)C1c1ccc(O[Si](C)(C)C(C)(C)C)cc1)c1ccc(F)cc1. The van der Waals surface area contributed by atoms with Crippen LogP contribution in [0.4, 0.5) is 10.1 Å². The second-order valence-electron chi connectivity index (χ2n) is 11.9. The summed E-state index contributed by atoms with van der Waals surface area (Å²) in [6, 6.07) is 21.8. The molecule has 0 N–H and O–H groups in total. The van der Waals surface area contributed by atoms with Crippen molar-refractivity contribution < 1.29 is 23.1 Å². The number of hydrogen-bond acceptors (Lipinski definition) is 4. The molecule has 40 heavy (non-hydrogen) atoms. The van der Waals surface area contributed by atoms with Crippen LogP contribution in [0.25, 0.3) is 0 Å². The molecular weight excluding hydrogens is 636 g/mol. The smallest absolute Gasteiger partial charge is 0.303 e. The van der Waals surface area contributed by atoms with Crippen LogP contribution in [-0.4, -0.2) is 20.2 Å². The number of ether oxygens (including phenoxy) is 1. The lowest BCUT2D eigenvalue weighted by Gasteiger charge is -2.48. The number of halogens is 2. The summed E-state index contributed by atoms with van der Waals surface area (Å²) in [6.45, 7) is 12.4. The van der Waals surface area contributed by atoms with Gasteiger partial charge in [0, 0.05) is 16.2 Å². The normalized spacial score (nSPS) is 18.2. The quantitative estimate of drug-likeness (QED) is 0.0989. The van der Waals surface area contributed by atoms with Crippen molar-refractivity contribution in [3.05, 3.63) is 93.3 Å². The second kappa shape index (κ2) is 12.0. The Kier molecular flexibility index (Phi) is 9.09. The average molecular weight is 674 g/mol. The summed E-state index contributed by atoms with van der Waals surface area (Å²) in [7, 11) is -1.99. The number of esters is 1. The van der Waals surface area contributed by atoms with Crippen LogP contribution in [0.3, 0.4) is 0 Å². The van der Waals surface area contributed by atoms with Gasteiger partial charge in [-0.2, -0.15) is 0 Å². The molecule has 2 unspecified atom stereocenters. The highest BCUT2D eigenvalue weighted by Gasteiger charge is 2.48. The van der Waals surface area contributed by atoms with Gasteiger partial charge in [-0.05, 0) is 113 Å². The predicted molar refractivity (Wildman–Crippen MR) is 167 cm³/mol. The highest BCUT2D eigenvalue weighted by molar-refractivity contribution is 14.1. The molecule has 8 heteroatoms. The van der Waals surface area contributed by atoms with E-state index in [1.807, 2.05) is 41.3 Å². The van der Waals surface area contributed by atoms with Crippen LogP contribution < -0.4 is 9.33 Å². The van der Waals surface area contributed by atoms with Gasteiger partial charge in [0.1, 0.15) is 17.7 Å². The van der Waals surface area contributed by atoms with Crippen LogP contribution in [0.15, 0.2) is 72.8 Å². The molecule has 5 nitrogen and oxygen atoms in total. The minimum absolute atomic E-state index is 0.0356. The summed E-state index contributed by atoms with van der Waals surface area (Å²) in [4.78, 5) is 27.3. The maximum Gasteiger partial charge on any atom is 0.303 e. The second-order valence-corrected chi connectivity index (χ2v) is 17.9. The van der Waals surface area contributed by atoms with Gasteiger partial charge in [0.25, 0.3) is 0 Å². The highest BCUT2D eigenvalue weighted by Crippen LogP contribution is 2.47. The van der Waals surface area contributed by atoms with E-state index in [2.05, 4.69) is 68.6 Å². The Morgan fingerprint density at radius 3 is 2.15 bits per heavy atom. The van der Waals surface area contributed by atoms with E-state index in [1.165, 1.54) is 19.1 Å². The largest absolute Gasteiger partial charge is 0.544 e. The summed E-state index contributed by atoms with van der Waals surface area (Å²) in [5.41, 5.74) is 2.58. The molecule has 3 aromatic carbocycles. The first-order chi connectivity index (χ1) is 18.8. The molecule has 0 saturated carbocycles. The van der Waals surface area contributed by atoms with Crippen LogP contribution in [0.2, 0.25) is 18.1 Å². The van der Waals surface area contributed by atoms with E-state index in [-0.39, 0.29) is 28.7 Å². The molecule has 1 aliphatic rings. The third kappa shape index (κ3) is 6.76. The number of rotatable bonds is 9. The third-order valence-electron chi connectivity index (χ3n) is 8.01. The molecule has 1 aliphatic heterocycles. The lowest BCUT2D eigenvalue weighted by Crippen LogP contribution is -2.55. The molecule has 212 valence electrons. The Labute approximate surface area is 251 Å². The third-order valence-corrected chi connectivity index (χ3v) is 13.1. The van der Waals surface area contributed by atoms with Crippen LogP contribution >= 0.6 is 22.6 Å². The van der Waals surface area contributed by atoms with Crippen molar-refractivity contribution in [3.8, 4) is 5.75 Å². The molecule has 0 aliphatic carbocycles. The topological polar surface area (TPSA) is 55.8 Å². The maximum absolute atomic E-state index is 13.6. The Morgan fingerprint density at radius 1 is 1.00 bits per heavy atom. The van der Waals surface area contributed by atoms with Crippen molar-refractivity contribution in [2.45, 2.75) is 70.8 Å². The first kappa shape index (κ1) is 30.2. The molecule has 0 bridgehead atoms. The van der Waals surface area contributed by atoms with Gasteiger partial charge in [0.05, 0.1) is 12.0 Å². The molecule has 1 saturated heterocycles. The zero-order valence-electron chi connectivity index (χ0n) is 23.9. The minimum Gasteiger partial charge on any atom is -0.544 e. The Morgan fingerprint density at radius 2 is 1.60 bits per heavy atom. The molecular formula is C32H37FINO4Si. The van der Waals surface area contributed by atoms with Gasteiger partial charge in [0.2, 0.25) is 14.2 Å². The van der Waals surface area contributed by atoms with E-state index in [4.69, 9.17) is 9.16 Å².